The lowest BCUT2D eigenvalue weighted by Gasteiger charge is -2.29. The summed E-state index contributed by atoms with van der Waals surface area (Å²) in [6.07, 6.45) is 0. The highest BCUT2D eigenvalue weighted by molar-refractivity contribution is 14.0. The number of nitrogens with one attached hydrogen (secondary N) is 4. The van der Waals surface area contributed by atoms with Gasteiger partial charge in [0.05, 0.1) is 48.5 Å². The zero-order chi connectivity index (χ0) is 26.3. The average Bonchev–Trinajstić information content (AvgIpc) is 3.74. The van der Waals surface area contributed by atoms with E-state index in [2.05, 4.69) is 9.97 Å². The van der Waals surface area contributed by atoms with Crippen LogP contribution in [0.15, 0.2) is 52.9 Å². The highest BCUT2D eigenvalue weighted by Gasteiger charge is 2.19. The minimum absolute atomic E-state index is 0. The number of nitrogens with zero attached hydrogens (tertiary/aromatic N) is 4. The SMILES string of the molecule is I.I.N=C(c1ccc2nc(-c3ccc(-c4nc5ccc(C(=N)N6CCOCC6)cc5[nH]4)o3)[nH]c2c1)N1CCOCC1. The fraction of sp³-hybridized carbons (Fsp3) is 0.286. The van der Waals surface area contributed by atoms with E-state index in [-0.39, 0.29) is 48.0 Å². The molecule has 2 aliphatic rings. The number of halogens is 2. The quantitative estimate of drug-likeness (QED) is 0.115. The number of rotatable bonds is 4. The first-order valence-corrected chi connectivity index (χ1v) is 13.1. The van der Waals surface area contributed by atoms with Crippen LogP contribution in [0.4, 0.5) is 0 Å². The molecular weight excluding hydrogens is 750 g/mol. The van der Waals surface area contributed by atoms with Crippen molar-refractivity contribution in [3.63, 3.8) is 0 Å². The number of morpholine rings is 2. The van der Waals surface area contributed by atoms with Crippen LogP contribution in [-0.2, 0) is 9.47 Å². The molecule has 5 heterocycles. The van der Waals surface area contributed by atoms with Crippen molar-refractivity contribution in [3.05, 3.63) is 59.7 Å². The Morgan fingerprint density at radius 2 is 1.05 bits per heavy atom. The Bertz CT molecular complexity index is 1580. The predicted molar refractivity (Wildman–Crippen MR) is 178 cm³/mol. The van der Waals surface area contributed by atoms with Gasteiger partial charge >= 0.3 is 0 Å². The standard InChI is InChI=1S/C28H28N8O3.2HI/c29-25(35-7-11-37-12-8-35)17-1-3-19-21(15-17)33-27(31-19)23-5-6-24(39-23)28-32-20-4-2-18(16-22(20)34-28)26(30)36-9-13-38-14-10-36;;/h1-6,15-16,29-30H,7-14H2,(H,31,33)(H,32,34);2*1H. The van der Waals surface area contributed by atoms with Crippen molar-refractivity contribution in [2.24, 2.45) is 0 Å². The number of furan rings is 1. The summed E-state index contributed by atoms with van der Waals surface area (Å²) in [5, 5.41) is 17.2. The third-order valence-corrected chi connectivity index (χ3v) is 7.24. The molecule has 4 N–H and O–H groups in total. The van der Waals surface area contributed by atoms with Gasteiger partial charge in [-0.3, -0.25) is 10.8 Å². The fourth-order valence-electron chi connectivity index (χ4n) is 5.08. The lowest BCUT2D eigenvalue weighted by atomic mass is 10.1. The summed E-state index contributed by atoms with van der Waals surface area (Å²) in [6, 6.07) is 15.4. The lowest BCUT2D eigenvalue weighted by molar-refractivity contribution is 0.0679. The van der Waals surface area contributed by atoms with Crippen molar-refractivity contribution in [1.82, 2.24) is 29.7 Å². The topological polar surface area (TPSA) is 143 Å². The van der Waals surface area contributed by atoms with Gasteiger partial charge < -0.3 is 33.7 Å². The minimum Gasteiger partial charge on any atom is -0.450 e. The molecule has 0 amide bonds. The van der Waals surface area contributed by atoms with Crippen LogP contribution in [0.3, 0.4) is 0 Å². The summed E-state index contributed by atoms with van der Waals surface area (Å²) in [7, 11) is 0. The molecular formula is C28H30I2N8O3. The van der Waals surface area contributed by atoms with Crippen LogP contribution < -0.4 is 0 Å². The van der Waals surface area contributed by atoms with Crippen molar-refractivity contribution >= 4 is 81.7 Å². The Kier molecular flexibility index (Phi) is 8.96. The molecule has 2 aliphatic heterocycles. The largest absolute Gasteiger partial charge is 0.450 e. The van der Waals surface area contributed by atoms with Gasteiger partial charge in [-0.1, -0.05) is 0 Å². The normalized spacial score (nSPS) is 15.5. The van der Waals surface area contributed by atoms with E-state index in [1.165, 1.54) is 0 Å². The first-order chi connectivity index (χ1) is 19.1. The second-order valence-electron chi connectivity index (χ2n) is 9.69. The van der Waals surface area contributed by atoms with E-state index in [1.54, 1.807) is 0 Å². The summed E-state index contributed by atoms with van der Waals surface area (Å²) >= 11 is 0. The minimum atomic E-state index is 0. The molecule has 41 heavy (non-hydrogen) atoms. The van der Waals surface area contributed by atoms with Gasteiger partial charge in [0.1, 0.15) is 11.7 Å². The van der Waals surface area contributed by atoms with Crippen LogP contribution in [0, 0.1) is 10.8 Å². The zero-order valence-electron chi connectivity index (χ0n) is 22.1. The molecule has 7 rings (SSSR count). The molecule has 11 nitrogen and oxygen atoms in total. The van der Waals surface area contributed by atoms with Gasteiger partial charge in [-0.15, -0.1) is 48.0 Å². The van der Waals surface area contributed by atoms with Gasteiger partial charge in [0, 0.05) is 37.3 Å². The number of H-pyrrole nitrogens is 2. The summed E-state index contributed by atoms with van der Waals surface area (Å²) < 4.78 is 17.0. The van der Waals surface area contributed by atoms with Crippen molar-refractivity contribution in [1.29, 1.82) is 10.8 Å². The number of hydrogen-bond acceptors (Lipinski definition) is 7. The molecule has 0 aliphatic carbocycles. The maximum Gasteiger partial charge on any atom is 0.174 e. The number of imidazole rings is 2. The third kappa shape index (κ3) is 5.85. The number of aromatic amines is 2. The van der Waals surface area contributed by atoms with Gasteiger partial charge in [0.15, 0.2) is 23.2 Å². The summed E-state index contributed by atoms with van der Waals surface area (Å²) in [5.74, 6) is 3.41. The van der Waals surface area contributed by atoms with Crippen molar-refractivity contribution in [2.45, 2.75) is 0 Å². The van der Waals surface area contributed by atoms with E-state index in [4.69, 9.17) is 34.7 Å². The number of hydrogen-bond donors (Lipinski definition) is 4. The highest BCUT2D eigenvalue weighted by atomic mass is 127. The van der Waals surface area contributed by atoms with Crippen molar-refractivity contribution in [2.75, 3.05) is 52.6 Å². The Morgan fingerprint density at radius 1 is 0.634 bits per heavy atom. The van der Waals surface area contributed by atoms with Crippen LogP contribution in [0.2, 0.25) is 0 Å². The average molecular weight is 780 g/mol. The molecule has 0 atom stereocenters. The first-order valence-electron chi connectivity index (χ1n) is 13.1. The van der Waals surface area contributed by atoms with Crippen LogP contribution in [0.1, 0.15) is 11.1 Å². The third-order valence-electron chi connectivity index (χ3n) is 7.24. The maximum atomic E-state index is 8.59. The number of amidine groups is 2. The number of aromatic nitrogens is 4. The Hall–Kier alpha value is -3.02. The number of benzene rings is 2. The van der Waals surface area contributed by atoms with Gasteiger partial charge in [-0.25, -0.2) is 9.97 Å². The predicted octanol–water partition coefficient (Wildman–Crippen LogP) is 4.92. The fourth-order valence-corrected chi connectivity index (χ4v) is 5.08. The van der Waals surface area contributed by atoms with Crippen molar-refractivity contribution < 1.29 is 13.9 Å². The summed E-state index contributed by atoms with van der Waals surface area (Å²) in [5.41, 5.74) is 4.97. The molecule has 0 saturated carbocycles. The molecule has 214 valence electrons. The van der Waals surface area contributed by atoms with Crippen LogP contribution >= 0.6 is 48.0 Å². The molecule has 0 bridgehead atoms. The zero-order valence-corrected chi connectivity index (χ0v) is 26.8. The second kappa shape index (κ2) is 12.5. The van der Waals surface area contributed by atoms with E-state index < -0.39 is 0 Å². The van der Waals surface area contributed by atoms with Gasteiger partial charge in [-0.05, 0) is 48.5 Å². The van der Waals surface area contributed by atoms with E-state index in [9.17, 15) is 0 Å². The maximum absolute atomic E-state index is 8.59. The molecule has 0 unspecified atom stereocenters. The first kappa shape index (κ1) is 29.5. The number of ether oxygens (including phenoxy) is 2. The van der Waals surface area contributed by atoms with E-state index >= 15 is 0 Å². The van der Waals surface area contributed by atoms with Crippen LogP contribution in [-0.4, -0.2) is 94.0 Å². The van der Waals surface area contributed by atoms with Gasteiger partial charge in [0.2, 0.25) is 0 Å². The Labute approximate surface area is 270 Å². The van der Waals surface area contributed by atoms with Crippen molar-refractivity contribution in [3.8, 4) is 23.2 Å². The Morgan fingerprint density at radius 3 is 1.46 bits per heavy atom. The Balaban J connectivity index is 0.00000169. The smallest absolute Gasteiger partial charge is 0.174 e. The molecule has 13 heteroatoms. The molecule has 0 spiro atoms. The highest BCUT2D eigenvalue weighted by Crippen LogP contribution is 2.29. The van der Waals surface area contributed by atoms with Crippen LogP contribution in [0.5, 0.6) is 0 Å². The molecule has 3 aromatic heterocycles. The molecule has 2 saturated heterocycles. The van der Waals surface area contributed by atoms with E-state index in [0.29, 0.717) is 61.3 Å². The lowest BCUT2D eigenvalue weighted by Crippen LogP contribution is -2.40. The monoisotopic (exact) mass is 780 g/mol. The number of fused-ring (bicyclic) bond motifs is 2. The van der Waals surface area contributed by atoms with Gasteiger partial charge in [-0.2, -0.15) is 0 Å². The molecule has 0 radical (unpaired) electrons. The van der Waals surface area contributed by atoms with E-state index in [0.717, 1.165) is 59.4 Å². The molecule has 2 fully saturated rings. The van der Waals surface area contributed by atoms with E-state index in [1.807, 2.05) is 58.3 Å². The second-order valence-corrected chi connectivity index (χ2v) is 9.69. The molecule has 2 aromatic carbocycles. The van der Waals surface area contributed by atoms with Crippen LogP contribution in [0.25, 0.3) is 45.2 Å². The van der Waals surface area contributed by atoms with Gasteiger partial charge in [0.25, 0.3) is 0 Å². The summed E-state index contributed by atoms with van der Waals surface area (Å²) in [6.45, 7) is 5.46. The summed E-state index contributed by atoms with van der Waals surface area (Å²) in [4.78, 5) is 20.1. The molecule has 5 aromatic rings.